The molecule has 2 heterocycles. The van der Waals surface area contributed by atoms with Crippen molar-refractivity contribution in [1.29, 1.82) is 0 Å². The first-order valence-corrected chi connectivity index (χ1v) is 8.76. The molecule has 4 nitrogen and oxygen atoms in total. The SMILES string of the molecule is CCc1cncc2c1[nH]c1ccc3cc(OCCN(C)C)ccc3c12. The maximum absolute atomic E-state index is 5.88. The minimum atomic E-state index is 0.692. The van der Waals surface area contributed by atoms with E-state index in [1.165, 1.54) is 32.6 Å². The van der Waals surface area contributed by atoms with E-state index in [0.717, 1.165) is 24.2 Å². The summed E-state index contributed by atoms with van der Waals surface area (Å²) in [5.41, 5.74) is 3.61. The molecule has 0 aliphatic rings. The Kier molecular flexibility index (Phi) is 4.06. The van der Waals surface area contributed by atoms with Crippen molar-refractivity contribution in [2.24, 2.45) is 0 Å². The van der Waals surface area contributed by atoms with Crippen LogP contribution in [0.2, 0.25) is 0 Å². The Morgan fingerprint density at radius 2 is 1.96 bits per heavy atom. The Hall–Kier alpha value is -2.59. The topological polar surface area (TPSA) is 41.1 Å². The molecule has 0 amide bonds. The standard InChI is InChI=1S/C21H23N3O/c1-4-14-12-22-13-18-20-17-7-6-16(25-10-9-24(2)3)11-15(17)5-8-19(20)23-21(14)18/h5-8,11-13,23H,4,9-10H2,1-3H3. The monoisotopic (exact) mass is 333 g/mol. The molecule has 0 saturated carbocycles. The smallest absolute Gasteiger partial charge is 0.120 e. The van der Waals surface area contributed by atoms with E-state index in [0.29, 0.717) is 6.61 Å². The van der Waals surface area contributed by atoms with Gasteiger partial charge in [0.1, 0.15) is 12.4 Å². The van der Waals surface area contributed by atoms with E-state index < -0.39 is 0 Å². The molecule has 1 N–H and O–H groups in total. The van der Waals surface area contributed by atoms with Crippen LogP contribution in [0.1, 0.15) is 12.5 Å². The molecule has 25 heavy (non-hydrogen) atoms. The van der Waals surface area contributed by atoms with Crippen molar-refractivity contribution in [3.05, 3.63) is 48.3 Å². The highest BCUT2D eigenvalue weighted by Gasteiger charge is 2.11. The number of aryl methyl sites for hydroxylation is 1. The Balaban J connectivity index is 1.83. The number of fused-ring (bicyclic) bond motifs is 5. The van der Waals surface area contributed by atoms with E-state index in [-0.39, 0.29) is 0 Å². The number of nitrogens with zero attached hydrogens (tertiary/aromatic N) is 2. The summed E-state index contributed by atoms with van der Waals surface area (Å²) in [7, 11) is 4.10. The largest absolute Gasteiger partial charge is 0.492 e. The van der Waals surface area contributed by atoms with Gasteiger partial charge in [-0.05, 0) is 61.1 Å². The van der Waals surface area contributed by atoms with Gasteiger partial charge in [-0.25, -0.2) is 0 Å². The van der Waals surface area contributed by atoms with E-state index in [2.05, 4.69) is 66.2 Å². The minimum Gasteiger partial charge on any atom is -0.492 e. The normalized spacial score (nSPS) is 11.8. The van der Waals surface area contributed by atoms with Crippen LogP contribution in [-0.4, -0.2) is 42.1 Å². The first-order valence-electron chi connectivity index (χ1n) is 8.76. The van der Waals surface area contributed by atoms with Crippen LogP contribution in [0.5, 0.6) is 5.75 Å². The average Bonchev–Trinajstić information content (AvgIpc) is 3.00. The van der Waals surface area contributed by atoms with Gasteiger partial charge in [0.25, 0.3) is 0 Å². The molecular weight excluding hydrogens is 310 g/mol. The summed E-state index contributed by atoms with van der Waals surface area (Å²) in [6, 6.07) is 10.7. The molecule has 0 radical (unpaired) electrons. The van der Waals surface area contributed by atoms with Crippen LogP contribution in [0.4, 0.5) is 0 Å². The summed E-state index contributed by atoms with van der Waals surface area (Å²) in [5, 5.41) is 4.87. The van der Waals surface area contributed by atoms with Crippen molar-refractivity contribution in [1.82, 2.24) is 14.9 Å². The van der Waals surface area contributed by atoms with Crippen LogP contribution in [-0.2, 0) is 6.42 Å². The summed E-state index contributed by atoms with van der Waals surface area (Å²) in [6.07, 6.45) is 4.89. The maximum atomic E-state index is 5.88. The van der Waals surface area contributed by atoms with Crippen LogP contribution in [0.15, 0.2) is 42.7 Å². The van der Waals surface area contributed by atoms with Gasteiger partial charge < -0.3 is 14.6 Å². The Morgan fingerprint density at radius 1 is 1.08 bits per heavy atom. The average molecular weight is 333 g/mol. The number of benzene rings is 2. The molecule has 4 heteroatoms. The van der Waals surface area contributed by atoms with E-state index in [1.54, 1.807) is 0 Å². The zero-order valence-electron chi connectivity index (χ0n) is 15.0. The molecule has 0 aliphatic heterocycles. The molecule has 0 aliphatic carbocycles. The fourth-order valence-corrected chi connectivity index (χ4v) is 3.38. The number of hydrogen-bond donors (Lipinski definition) is 1. The maximum Gasteiger partial charge on any atom is 0.120 e. The Bertz CT molecular complexity index is 1050. The summed E-state index contributed by atoms with van der Waals surface area (Å²) < 4.78 is 5.88. The first-order chi connectivity index (χ1) is 12.2. The van der Waals surface area contributed by atoms with Crippen LogP contribution < -0.4 is 4.74 Å². The predicted molar refractivity (Wildman–Crippen MR) is 105 cm³/mol. The molecule has 0 spiro atoms. The first kappa shape index (κ1) is 15.9. The second kappa shape index (κ2) is 6.37. The molecule has 0 saturated heterocycles. The van der Waals surface area contributed by atoms with Gasteiger partial charge in [0, 0.05) is 35.2 Å². The third-order valence-electron chi connectivity index (χ3n) is 4.73. The van der Waals surface area contributed by atoms with Gasteiger partial charge in [-0.3, -0.25) is 4.98 Å². The number of rotatable bonds is 5. The second-order valence-corrected chi connectivity index (χ2v) is 6.72. The fourth-order valence-electron chi connectivity index (χ4n) is 3.38. The van der Waals surface area contributed by atoms with Crippen LogP contribution in [0.3, 0.4) is 0 Å². The molecule has 0 unspecified atom stereocenters. The Morgan fingerprint density at radius 3 is 2.76 bits per heavy atom. The quantitative estimate of drug-likeness (QED) is 0.589. The summed E-state index contributed by atoms with van der Waals surface area (Å²) in [5.74, 6) is 0.918. The lowest BCUT2D eigenvalue weighted by atomic mass is 10.0. The summed E-state index contributed by atoms with van der Waals surface area (Å²) in [6.45, 7) is 3.76. The van der Waals surface area contributed by atoms with Crippen molar-refractivity contribution in [2.75, 3.05) is 27.2 Å². The highest BCUT2D eigenvalue weighted by molar-refractivity contribution is 6.20. The third kappa shape index (κ3) is 2.83. The second-order valence-electron chi connectivity index (χ2n) is 6.72. The highest BCUT2D eigenvalue weighted by Crippen LogP contribution is 2.34. The van der Waals surface area contributed by atoms with E-state index in [9.17, 15) is 0 Å². The number of ether oxygens (including phenoxy) is 1. The van der Waals surface area contributed by atoms with Gasteiger partial charge in [0.2, 0.25) is 0 Å². The van der Waals surface area contributed by atoms with Crippen molar-refractivity contribution < 1.29 is 4.74 Å². The van der Waals surface area contributed by atoms with E-state index >= 15 is 0 Å². The number of pyridine rings is 1. The number of H-pyrrole nitrogens is 1. The van der Waals surface area contributed by atoms with Gasteiger partial charge in [-0.1, -0.05) is 13.0 Å². The van der Waals surface area contributed by atoms with Crippen molar-refractivity contribution in [3.63, 3.8) is 0 Å². The van der Waals surface area contributed by atoms with Gasteiger partial charge in [0.15, 0.2) is 0 Å². The van der Waals surface area contributed by atoms with Gasteiger partial charge in [-0.15, -0.1) is 0 Å². The number of aromatic nitrogens is 2. The van der Waals surface area contributed by atoms with E-state index in [1.807, 2.05) is 12.4 Å². The number of likely N-dealkylation sites (N-methyl/N-ethyl adjacent to an activating group) is 1. The van der Waals surface area contributed by atoms with Crippen LogP contribution >= 0.6 is 0 Å². The molecule has 0 fully saturated rings. The molecule has 4 aromatic rings. The van der Waals surface area contributed by atoms with E-state index in [4.69, 9.17) is 4.74 Å². The lowest BCUT2D eigenvalue weighted by Crippen LogP contribution is -2.19. The van der Waals surface area contributed by atoms with Crippen molar-refractivity contribution in [3.8, 4) is 5.75 Å². The zero-order chi connectivity index (χ0) is 17.4. The third-order valence-corrected chi connectivity index (χ3v) is 4.73. The predicted octanol–water partition coefficient (Wildman–Crippen LogP) is 4.37. The molecule has 4 rings (SSSR count). The van der Waals surface area contributed by atoms with Crippen molar-refractivity contribution >= 4 is 32.6 Å². The number of hydrogen-bond acceptors (Lipinski definition) is 3. The summed E-state index contributed by atoms with van der Waals surface area (Å²) >= 11 is 0. The molecule has 2 aromatic heterocycles. The van der Waals surface area contributed by atoms with Crippen LogP contribution in [0, 0.1) is 0 Å². The highest BCUT2D eigenvalue weighted by atomic mass is 16.5. The molecule has 128 valence electrons. The molecular formula is C21H23N3O. The van der Waals surface area contributed by atoms with Gasteiger partial charge in [0.05, 0.1) is 5.52 Å². The Labute approximate surface area is 147 Å². The minimum absolute atomic E-state index is 0.692. The summed E-state index contributed by atoms with van der Waals surface area (Å²) in [4.78, 5) is 10.1. The molecule has 0 bridgehead atoms. The zero-order valence-corrected chi connectivity index (χ0v) is 15.0. The molecule has 2 aromatic carbocycles. The number of nitrogens with one attached hydrogen (secondary N) is 1. The van der Waals surface area contributed by atoms with Crippen LogP contribution in [0.25, 0.3) is 32.6 Å². The fraction of sp³-hybridized carbons (Fsp3) is 0.286. The van der Waals surface area contributed by atoms with Crippen molar-refractivity contribution in [2.45, 2.75) is 13.3 Å². The lowest BCUT2D eigenvalue weighted by Gasteiger charge is -2.11. The van der Waals surface area contributed by atoms with Gasteiger partial charge in [-0.2, -0.15) is 0 Å². The van der Waals surface area contributed by atoms with Gasteiger partial charge >= 0.3 is 0 Å². The number of aromatic amines is 1. The lowest BCUT2D eigenvalue weighted by molar-refractivity contribution is 0.261. The molecule has 0 atom stereocenters.